The summed E-state index contributed by atoms with van der Waals surface area (Å²) in [7, 11) is 0. The maximum absolute atomic E-state index is 11.2. The van der Waals surface area contributed by atoms with Crippen molar-refractivity contribution in [2.75, 3.05) is 6.61 Å². The highest BCUT2D eigenvalue weighted by Gasteiger charge is 2.19. The van der Waals surface area contributed by atoms with Gasteiger partial charge >= 0.3 is 5.97 Å². The number of carbonyl (C=O) groups excluding carboxylic acids is 2. The minimum absolute atomic E-state index is 0.0121. The summed E-state index contributed by atoms with van der Waals surface area (Å²) in [5.41, 5.74) is -0.322. The quantitative estimate of drug-likeness (QED) is 0.502. The Hall–Kier alpha value is -1.12. The van der Waals surface area contributed by atoms with Gasteiger partial charge < -0.3 is 4.74 Å². The number of allylic oxidation sites excluding steroid dienone is 2. The number of ether oxygens (including phenoxy) is 1. The van der Waals surface area contributed by atoms with Crippen LogP contribution in [-0.4, -0.2) is 18.4 Å². The maximum atomic E-state index is 11.2. The molecular weight excluding hydrogens is 180 g/mol. The number of hydrogen-bond donors (Lipinski definition) is 0. The molecule has 0 atom stereocenters. The first-order chi connectivity index (χ1) is 6.37. The van der Waals surface area contributed by atoms with Gasteiger partial charge in [0.2, 0.25) is 0 Å². The first-order valence-corrected chi connectivity index (χ1v) is 4.73. The molecule has 0 rings (SSSR count). The van der Waals surface area contributed by atoms with Crippen molar-refractivity contribution in [3.63, 3.8) is 0 Å². The van der Waals surface area contributed by atoms with Crippen molar-refractivity contribution < 1.29 is 14.3 Å². The Labute approximate surface area is 85.1 Å². The van der Waals surface area contributed by atoms with Gasteiger partial charge in [0, 0.05) is 0 Å². The Bertz CT molecular complexity index is 239. The first kappa shape index (κ1) is 12.9. The molecule has 0 saturated heterocycles. The molecule has 0 saturated carbocycles. The average Bonchev–Trinajstić information content (AvgIpc) is 2.00. The van der Waals surface area contributed by atoms with Gasteiger partial charge in [-0.25, -0.2) is 0 Å². The smallest absolute Gasteiger partial charge is 0.306 e. The number of esters is 1. The van der Waals surface area contributed by atoms with Crippen LogP contribution in [0.5, 0.6) is 0 Å². The van der Waals surface area contributed by atoms with E-state index in [0.29, 0.717) is 13.0 Å². The van der Waals surface area contributed by atoms with E-state index in [1.165, 1.54) is 13.0 Å². The van der Waals surface area contributed by atoms with Crippen LogP contribution < -0.4 is 0 Å². The van der Waals surface area contributed by atoms with Crippen molar-refractivity contribution in [1.82, 2.24) is 0 Å². The third-order valence-electron chi connectivity index (χ3n) is 1.67. The van der Waals surface area contributed by atoms with Gasteiger partial charge in [-0.2, -0.15) is 0 Å². The number of carbonyl (C=O) groups is 2. The summed E-state index contributed by atoms with van der Waals surface area (Å²) in [4.78, 5) is 21.9. The molecule has 0 amide bonds. The molecule has 0 bridgehead atoms. The summed E-state index contributed by atoms with van der Waals surface area (Å²) in [6, 6.07) is 0. The molecular formula is C11H18O3. The molecule has 0 aromatic rings. The fourth-order valence-electron chi connectivity index (χ4n) is 0.986. The fraction of sp³-hybridized carbons (Fsp3) is 0.636. The molecule has 0 unspecified atom stereocenters. The Morgan fingerprint density at radius 1 is 1.36 bits per heavy atom. The zero-order chi connectivity index (χ0) is 11.2. The molecule has 0 aliphatic heterocycles. The number of rotatable bonds is 5. The van der Waals surface area contributed by atoms with Gasteiger partial charge in [0.15, 0.2) is 5.78 Å². The SMILES string of the molecule is CCOC(=O)CC(C)(C)C=CC(C)=O. The van der Waals surface area contributed by atoms with Gasteiger partial charge in [-0.3, -0.25) is 9.59 Å². The highest BCUT2D eigenvalue weighted by molar-refractivity contribution is 5.87. The van der Waals surface area contributed by atoms with E-state index in [1.807, 2.05) is 13.8 Å². The lowest BCUT2D eigenvalue weighted by Crippen LogP contribution is -2.16. The molecule has 0 aromatic carbocycles. The molecule has 0 spiro atoms. The number of ketones is 1. The molecule has 0 N–H and O–H groups in total. The summed E-state index contributed by atoms with van der Waals surface area (Å²) >= 11 is 0. The van der Waals surface area contributed by atoms with Crippen LogP contribution in [0.1, 0.15) is 34.1 Å². The molecule has 0 aliphatic rings. The van der Waals surface area contributed by atoms with Gasteiger partial charge in [0.05, 0.1) is 13.0 Å². The second-order valence-corrected chi connectivity index (χ2v) is 3.91. The first-order valence-electron chi connectivity index (χ1n) is 4.73. The Morgan fingerprint density at radius 2 is 1.93 bits per heavy atom. The van der Waals surface area contributed by atoms with Crippen LogP contribution in [0.2, 0.25) is 0 Å². The van der Waals surface area contributed by atoms with E-state index in [2.05, 4.69) is 0 Å². The van der Waals surface area contributed by atoms with Crippen molar-refractivity contribution in [2.45, 2.75) is 34.1 Å². The zero-order valence-corrected chi connectivity index (χ0v) is 9.29. The Kier molecular flexibility index (Phi) is 5.13. The fourth-order valence-corrected chi connectivity index (χ4v) is 0.986. The third-order valence-corrected chi connectivity index (χ3v) is 1.67. The van der Waals surface area contributed by atoms with Crippen molar-refractivity contribution in [1.29, 1.82) is 0 Å². The highest BCUT2D eigenvalue weighted by Crippen LogP contribution is 2.22. The molecule has 0 fully saturated rings. The average molecular weight is 198 g/mol. The van der Waals surface area contributed by atoms with Gasteiger partial charge in [-0.15, -0.1) is 0 Å². The predicted molar refractivity (Wildman–Crippen MR) is 54.9 cm³/mol. The van der Waals surface area contributed by atoms with E-state index in [4.69, 9.17) is 4.74 Å². The van der Waals surface area contributed by atoms with E-state index in [-0.39, 0.29) is 17.2 Å². The molecule has 0 aliphatic carbocycles. The molecule has 0 radical (unpaired) electrons. The lowest BCUT2D eigenvalue weighted by atomic mass is 9.89. The van der Waals surface area contributed by atoms with Crippen molar-refractivity contribution in [2.24, 2.45) is 5.41 Å². The standard InChI is InChI=1S/C11H18O3/c1-5-14-10(13)8-11(3,4)7-6-9(2)12/h6-7H,5,8H2,1-4H3. The monoisotopic (exact) mass is 198 g/mol. The molecule has 3 nitrogen and oxygen atoms in total. The largest absolute Gasteiger partial charge is 0.466 e. The minimum Gasteiger partial charge on any atom is -0.466 e. The van der Waals surface area contributed by atoms with E-state index in [0.717, 1.165) is 0 Å². The van der Waals surface area contributed by atoms with Crippen LogP contribution in [-0.2, 0) is 14.3 Å². The van der Waals surface area contributed by atoms with Crippen LogP contribution in [0.3, 0.4) is 0 Å². The summed E-state index contributed by atoms with van der Waals surface area (Å²) in [6.07, 6.45) is 3.52. The van der Waals surface area contributed by atoms with Gasteiger partial charge in [-0.05, 0) is 25.3 Å². The van der Waals surface area contributed by atoms with Crippen LogP contribution in [0.15, 0.2) is 12.2 Å². The maximum Gasteiger partial charge on any atom is 0.306 e. The van der Waals surface area contributed by atoms with E-state index in [1.54, 1.807) is 13.0 Å². The van der Waals surface area contributed by atoms with E-state index >= 15 is 0 Å². The summed E-state index contributed by atoms with van der Waals surface area (Å²) in [5, 5.41) is 0. The second kappa shape index (κ2) is 5.58. The molecule has 80 valence electrons. The highest BCUT2D eigenvalue weighted by atomic mass is 16.5. The van der Waals surface area contributed by atoms with Gasteiger partial charge in [0.1, 0.15) is 0 Å². The zero-order valence-electron chi connectivity index (χ0n) is 9.29. The van der Waals surface area contributed by atoms with Gasteiger partial charge in [-0.1, -0.05) is 19.9 Å². The van der Waals surface area contributed by atoms with Crippen molar-refractivity contribution in [3.8, 4) is 0 Å². The molecule has 14 heavy (non-hydrogen) atoms. The predicted octanol–water partition coefficient (Wildman–Crippen LogP) is 2.11. The minimum atomic E-state index is -0.322. The Balaban J connectivity index is 4.19. The normalized spacial score (nSPS) is 11.7. The van der Waals surface area contributed by atoms with Crippen LogP contribution in [0, 0.1) is 5.41 Å². The molecule has 0 heterocycles. The molecule has 0 aromatic heterocycles. The topological polar surface area (TPSA) is 43.4 Å². The van der Waals surface area contributed by atoms with Crippen LogP contribution >= 0.6 is 0 Å². The number of hydrogen-bond acceptors (Lipinski definition) is 3. The second-order valence-electron chi connectivity index (χ2n) is 3.91. The summed E-state index contributed by atoms with van der Waals surface area (Å²) in [6.45, 7) is 7.44. The van der Waals surface area contributed by atoms with Crippen molar-refractivity contribution >= 4 is 11.8 Å². The summed E-state index contributed by atoms with van der Waals surface area (Å²) < 4.78 is 4.83. The third kappa shape index (κ3) is 6.40. The van der Waals surface area contributed by atoms with Crippen molar-refractivity contribution in [3.05, 3.63) is 12.2 Å². The Morgan fingerprint density at radius 3 is 2.36 bits per heavy atom. The lowest BCUT2D eigenvalue weighted by Gasteiger charge is -2.18. The van der Waals surface area contributed by atoms with Gasteiger partial charge in [0.25, 0.3) is 0 Å². The van der Waals surface area contributed by atoms with Crippen LogP contribution in [0.25, 0.3) is 0 Å². The van der Waals surface area contributed by atoms with E-state index < -0.39 is 0 Å². The lowest BCUT2D eigenvalue weighted by molar-refractivity contribution is -0.144. The van der Waals surface area contributed by atoms with Crippen LogP contribution in [0.4, 0.5) is 0 Å². The van der Waals surface area contributed by atoms with E-state index in [9.17, 15) is 9.59 Å². The summed E-state index contributed by atoms with van der Waals surface area (Å²) in [5.74, 6) is -0.243. The molecule has 3 heteroatoms.